The molecule has 1 aliphatic rings. The van der Waals surface area contributed by atoms with Crippen LogP contribution in [0.15, 0.2) is 18.3 Å². The number of carbonyl (C=O) groups excluding carboxylic acids is 2. The molecule has 0 spiro atoms. The van der Waals surface area contributed by atoms with Gasteiger partial charge in [-0.1, -0.05) is 11.6 Å². The van der Waals surface area contributed by atoms with Gasteiger partial charge in [-0.15, -0.1) is 0 Å². The lowest BCUT2D eigenvalue weighted by molar-refractivity contribution is -0.149. The predicted octanol–water partition coefficient (Wildman–Crippen LogP) is 1.95. The van der Waals surface area contributed by atoms with Crippen molar-refractivity contribution in [1.82, 2.24) is 9.88 Å². The van der Waals surface area contributed by atoms with Crippen molar-refractivity contribution < 1.29 is 14.3 Å². The molecular formula is C15H20ClN3O3. The molecule has 2 heterocycles. The van der Waals surface area contributed by atoms with E-state index < -0.39 is 0 Å². The summed E-state index contributed by atoms with van der Waals surface area (Å²) in [7, 11) is 0. The number of hydrogen-bond donors (Lipinski definition) is 1. The molecule has 0 saturated carbocycles. The summed E-state index contributed by atoms with van der Waals surface area (Å²) in [5.41, 5.74) is 0.510. The van der Waals surface area contributed by atoms with E-state index in [0.717, 1.165) is 12.8 Å². The number of rotatable bonds is 5. The van der Waals surface area contributed by atoms with Gasteiger partial charge in [-0.2, -0.15) is 0 Å². The van der Waals surface area contributed by atoms with E-state index in [1.54, 1.807) is 25.3 Å². The number of anilines is 1. The van der Waals surface area contributed by atoms with Crippen LogP contribution in [-0.2, 0) is 14.3 Å². The predicted molar refractivity (Wildman–Crippen MR) is 83.7 cm³/mol. The quantitative estimate of drug-likeness (QED) is 0.662. The topological polar surface area (TPSA) is 71.5 Å². The maximum absolute atomic E-state index is 12.0. The fraction of sp³-hybridized carbons (Fsp3) is 0.533. The lowest BCUT2D eigenvalue weighted by Crippen LogP contribution is -2.41. The van der Waals surface area contributed by atoms with Crippen molar-refractivity contribution >= 4 is 29.2 Å². The van der Waals surface area contributed by atoms with E-state index >= 15 is 0 Å². The van der Waals surface area contributed by atoms with Gasteiger partial charge in [0.1, 0.15) is 0 Å². The van der Waals surface area contributed by atoms with E-state index in [2.05, 4.69) is 10.3 Å². The van der Waals surface area contributed by atoms with Gasteiger partial charge in [-0.05, 0) is 45.0 Å². The van der Waals surface area contributed by atoms with E-state index in [4.69, 9.17) is 16.3 Å². The number of halogens is 1. The van der Waals surface area contributed by atoms with E-state index in [1.807, 2.05) is 4.90 Å². The lowest BCUT2D eigenvalue weighted by atomic mass is 9.97. The SMILES string of the molecule is CCOC(=O)C1CCN(CC(=O)Nc2cccnc2Cl)CC1. The van der Waals surface area contributed by atoms with Gasteiger partial charge < -0.3 is 10.1 Å². The molecule has 1 fully saturated rings. The second kappa shape index (κ2) is 8.10. The molecule has 0 radical (unpaired) electrons. The number of carbonyl (C=O) groups is 2. The molecule has 1 aliphatic heterocycles. The first kappa shape index (κ1) is 16.7. The van der Waals surface area contributed by atoms with E-state index in [9.17, 15) is 9.59 Å². The molecule has 0 aromatic carbocycles. The fourth-order valence-corrected chi connectivity index (χ4v) is 2.63. The standard InChI is InChI=1S/C15H20ClN3O3/c1-2-22-15(21)11-5-8-19(9-6-11)10-13(20)18-12-4-3-7-17-14(12)16/h3-4,7,11H,2,5-6,8-10H2,1H3,(H,18,20). The van der Waals surface area contributed by atoms with Crippen LogP contribution in [0.25, 0.3) is 0 Å². The molecule has 0 unspecified atom stereocenters. The molecule has 1 aromatic heterocycles. The normalized spacial score (nSPS) is 16.3. The van der Waals surface area contributed by atoms with Gasteiger partial charge in [0.2, 0.25) is 5.91 Å². The van der Waals surface area contributed by atoms with Crippen molar-refractivity contribution in [1.29, 1.82) is 0 Å². The van der Waals surface area contributed by atoms with E-state index in [-0.39, 0.29) is 29.5 Å². The summed E-state index contributed by atoms with van der Waals surface area (Å²) in [6.45, 7) is 3.91. The number of ether oxygens (including phenoxy) is 1. The van der Waals surface area contributed by atoms with Crippen LogP contribution in [0.3, 0.4) is 0 Å². The average molecular weight is 326 g/mol. The highest BCUT2D eigenvalue weighted by atomic mass is 35.5. The van der Waals surface area contributed by atoms with Gasteiger partial charge in [0.05, 0.1) is 24.8 Å². The maximum Gasteiger partial charge on any atom is 0.309 e. The summed E-state index contributed by atoms with van der Waals surface area (Å²) in [5, 5.41) is 3.02. The highest BCUT2D eigenvalue weighted by Crippen LogP contribution is 2.20. The number of esters is 1. The third kappa shape index (κ3) is 4.68. The number of pyridine rings is 1. The van der Waals surface area contributed by atoms with Gasteiger partial charge in [0, 0.05) is 6.20 Å². The summed E-state index contributed by atoms with van der Waals surface area (Å²) < 4.78 is 5.03. The van der Waals surface area contributed by atoms with Crippen molar-refractivity contribution in [3.05, 3.63) is 23.5 Å². The third-order valence-electron chi connectivity index (χ3n) is 3.61. The van der Waals surface area contributed by atoms with Crippen LogP contribution in [0, 0.1) is 5.92 Å². The molecule has 0 atom stereocenters. The van der Waals surface area contributed by atoms with Crippen LogP contribution in [0.4, 0.5) is 5.69 Å². The third-order valence-corrected chi connectivity index (χ3v) is 3.91. The van der Waals surface area contributed by atoms with Gasteiger partial charge in [0.25, 0.3) is 0 Å². The van der Waals surface area contributed by atoms with Crippen LogP contribution in [0.5, 0.6) is 0 Å². The molecule has 7 heteroatoms. The van der Waals surface area contributed by atoms with Crippen LogP contribution < -0.4 is 5.32 Å². The van der Waals surface area contributed by atoms with Crippen molar-refractivity contribution in [3.63, 3.8) is 0 Å². The highest BCUT2D eigenvalue weighted by Gasteiger charge is 2.26. The van der Waals surface area contributed by atoms with Crippen molar-refractivity contribution in [2.24, 2.45) is 5.92 Å². The smallest absolute Gasteiger partial charge is 0.309 e. The summed E-state index contributed by atoms with van der Waals surface area (Å²) >= 11 is 5.90. The second-order valence-corrected chi connectivity index (χ2v) is 5.55. The largest absolute Gasteiger partial charge is 0.466 e. The zero-order valence-electron chi connectivity index (χ0n) is 12.5. The molecular weight excluding hydrogens is 306 g/mol. The van der Waals surface area contributed by atoms with Crippen LogP contribution >= 0.6 is 11.6 Å². The van der Waals surface area contributed by atoms with Crippen LogP contribution in [0.1, 0.15) is 19.8 Å². The molecule has 6 nitrogen and oxygen atoms in total. The molecule has 22 heavy (non-hydrogen) atoms. The Morgan fingerprint density at radius 3 is 2.82 bits per heavy atom. The Morgan fingerprint density at radius 1 is 1.45 bits per heavy atom. The molecule has 120 valence electrons. The number of nitrogens with one attached hydrogen (secondary N) is 1. The highest BCUT2D eigenvalue weighted by molar-refractivity contribution is 6.32. The number of likely N-dealkylation sites (tertiary alicyclic amines) is 1. The van der Waals surface area contributed by atoms with Crippen LogP contribution in [0.2, 0.25) is 5.15 Å². The minimum atomic E-state index is -0.135. The second-order valence-electron chi connectivity index (χ2n) is 5.19. The fourth-order valence-electron chi connectivity index (χ4n) is 2.46. The average Bonchev–Trinajstić information content (AvgIpc) is 2.50. The number of nitrogens with zero attached hydrogens (tertiary/aromatic N) is 2. The maximum atomic E-state index is 12.0. The van der Waals surface area contributed by atoms with Gasteiger partial charge in [-0.3, -0.25) is 14.5 Å². The Bertz CT molecular complexity index is 531. The zero-order valence-corrected chi connectivity index (χ0v) is 13.3. The number of aromatic nitrogens is 1. The Kier molecular flexibility index (Phi) is 6.15. The van der Waals surface area contributed by atoms with Gasteiger partial charge in [0.15, 0.2) is 5.15 Å². The number of piperidine rings is 1. The minimum Gasteiger partial charge on any atom is -0.466 e. The minimum absolute atomic E-state index is 0.0490. The lowest BCUT2D eigenvalue weighted by Gasteiger charge is -2.30. The monoisotopic (exact) mass is 325 g/mol. The first-order chi connectivity index (χ1) is 10.6. The Morgan fingerprint density at radius 2 is 2.18 bits per heavy atom. The molecule has 1 saturated heterocycles. The summed E-state index contributed by atoms with van der Waals surface area (Å²) in [6, 6.07) is 3.42. The molecule has 0 aliphatic carbocycles. The first-order valence-electron chi connectivity index (χ1n) is 7.39. The molecule has 1 N–H and O–H groups in total. The van der Waals surface area contributed by atoms with E-state index in [1.165, 1.54) is 0 Å². The Labute approximate surface area is 134 Å². The summed E-state index contributed by atoms with van der Waals surface area (Å²) in [5.74, 6) is -0.315. The van der Waals surface area contributed by atoms with E-state index in [0.29, 0.717) is 25.4 Å². The number of amides is 1. The van der Waals surface area contributed by atoms with Crippen molar-refractivity contribution in [2.45, 2.75) is 19.8 Å². The van der Waals surface area contributed by atoms with Crippen molar-refractivity contribution in [3.8, 4) is 0 Å². The Balaban J connectivity index is 1.77. The Hall–Kier alpha value is -1.66. The number of hydrogen-bond acceptors (Lipinski definition) is 5. The zero-order chi connectivity index (χ0) is 15.9. The van der Waals surface area contributed by atoms with Crippen molar-refractivity contribution in [2.75, 3.05) is 31.6 Å². The molecule has 0 bridgehead atoms. The summed E-state index contributed by atoms with van der Waals surface area (Å²) in [6.07, 6.45) is 3.01. The first-order valence-corrected chi connectivity index (χ1v) is 7.77. The molecule has 1 amide bonds. The van der Waals surface area contributed by atoms with Crippen LogP contribution in [-0.4, -0.2) is 48.0 Å². The molecule has 2 rings (SSSR count). The van der Waals surface area contributed by atoms with Gasteiger partial charge in [-0.25, -0.2) is 4.98 Å². The molecule has 1 aromatic rings. The summed E-state index contributed by atoms with van der Waals surface area (Å²) in [4.78, 5) is 29.6. The van der Waals surface area contributed by atoms with Gasteiger partial charge >= 0.3 is 5.97 Å².